The summed E-state index contributed by atoms with van der Waals surface area (Å²) in [5.74, 6) is -0.287. The van der Waals surface area contributed by atoms with Crippen LogP contribution in [0.3, 0.4) is 0 Å². The maximum Gasteiger partial charge on any atom is 0.129 e. The number of fused-ring (bicyclic) bond motifs is 1. The monoisotopic (exact) mass is 354 g/mol. The molecule has 19 heavy (non-hydrogen) atoms. The SMILES string of the molecule is Fc1cccc(Cl)c1C(Br)c1csc2ccccc12. The summed E-state index contributed by atoms with van der Waals surface area (Å²) in [6.45, 7) is 0. The van der Waals surface area contributed by atoms with Gasteiger partial charge in [0.25, 0.3) is 0 Å². The number of hydrogen-bond acceptors (Lipinski definition) is 1. The molecule has 1 atom stereocenters. The molecule has 0 saturated heterocycles. The Labute approximate surface area is 128 Å². The van der Waals surface area contributed by atoms with Crippen LogP contribution < -0.4 is 0 Å². The summed E-state index contributed by atoms with van der Waals surface area (Å²) in [6.07, 6.45) is 0. The van der Waals surface area contributed by atoms with E-state index in [4.69, 9.17) is 11.6 Å². The Morgan fingerprint density at radius 2 is 1.89 bits per heavy atom. The normalized spacial score (nSPS) is 12.8. The van der Waals surface area contributed by atoms with E-state index in [-0.39, 0.29) is 10.6 Å². The molecule has 3 aromatic rings. The molecule has 0 N–H and O–H groups in total. The van der Waals surface area contributed by atoms with Crippen LogP contribution in [0.15, 0.2) is 47.8 Å². The van der Waals surface area contributed by atoms with Gasteiger partial charge in [-0.05, 0) is 34.5 Å². The molecule has 4 heteroatoms. The van der Waals surface area contributed by atoms with E-state index >= 15 is 0 Å². The van der Waals surface area contributed by atoms with E-state index in [0.29, 0.717) is 10.6 Å². The van der Waals surface area contributed by atoms with Gasteiger partial charge in [-0.1, -0.05) is 51.8 Å². The Bertz CT molecular complexity index is 718. The van der Waals surface area contributed by atoms with E-state index in [1.165, 1.54) is 10.8 Å². The van der Waals surface area contributed by atoms with Crippen LogP contribution in [0, 0.1) is 5.82 Å². The van der Waals surface area contributed by atoms with Crippen molar-refractivity contribution in [2.75, 3.05) is 0 Å². The molecule has 0 aliphatic rings. The van der Waals surface area contributed by atoms with Gasteiger partial charge >= 0.3 is 0 Å². The molecule has 2 aromatic carbocycles. The predicted octanol–water partition coefficient (Wildman–Crippen LogP) is 6.18. The van der Waals surface area contributed by atoms with Crippen molar-refractivity contribution in [3.63, 3.8) is 0 Å². The molecule has 3 rings (SSSR count). The van der Waals surface area contributed by atoms with E-state index < -0.39 is 0 Å². The van der Waals surface area contributed by atoms with Crippen molar-refractivity contribution in [2.24, 2.45) is 0 Å². The lowest BCUT2D eigenvalue weighted by atomic mass is 10.0. The predicted molar refractivity (Wildman–Crippen MR) is 84.0 cm³/mol. The zero-order chi connectivity index (χ0) is 13.4. The minimum Gasteiger partial charge on any atom is -0.207 e. The summed E-state index contributed by atoms with van der Waals surface area (Å²) in [4.78, 5) is -0.239. The first-order valence-corrected chi connectivity index (χ1v) is 7.90. The second-order valence-electron chi connectivity index (χ2n) is 4.19. The number of halogens is 3. The lowest BCUT2D eigenvalue weighted by Gasteiger charge is -2.12. The van der Waals surface area contributed by atoms with Crippen LogP contribution >= 0.6 is 38.9 Å². The van der Waals surface area contributed by atoms with Gasteiger partial charge in [-0.15, -0.1) is 11.3 Å². The highest BCUT2D eigenvalue weighted by Gasteiger charge is 2.20. The molecule has 0 spiro atoms. The molecule has 0 radical (unpaired) electrons. The Morgan fingerprint density at radius 1 is 1.11 bits per heavy atom. The van der Waals surface area contributed by atoms with E-state index in [0.717, 1.165) is 10.9 Å². The van der Waals surface area contributed by atoms with Crippen LogP contribution in [-0.2, 0) is 0 Å². The minimum atomic E-state index is -0.287. The molecule has 1 aromatic heterocycles. The first-order valence-electron chi connectivity index (χ1n) is 5.72. The maximum absolute atomic E-state index is 14.0. The average Bonchev–Trinajstić information content (AvgIpc) is 2.82. The summed E-state index contributed by atoms with van der Waals surface area (Å²) in [7, 11) is 0. The van der Waals surface area contributed by atoms with Gasteiger partial charge in [0, 0.05) is 15.3 Å². The first kappa shape index (κ1) is 13.1. The quantitative estimate of drug-likeness (QED) is 0.482. The van der Waals surface area contributed by atoms with Gasteiger partial charge in [-0.3, -0.25) is 0 Å². The van der Waals surface area contributed by atoms with Crippen molar-refractivity contribution in [2.45, 2.75) is 4.83 Å². The fourth-order valence-electron chi connectivity index (χ4n) is 2.10. The largest absolute Gasteiger partial charge is 0.207 e. The Hall–Kier alpha value is -0.900. The highest BCUT2D eigenvalue weighted by Crippen LogP contribution is 2.41. The second-order valence-corrected chi connectivity index (χ2v) is 6.42. The van der Waals surface area contributed by atoms with E-state index in [1.54, 1.807) is 23.5 Å². The molecule has 0 bridgehead atoms. The Morgan fingerprint density at radius 3 is 2.68 bits per heavy atom. The molecule has 0 amide bonds. The van der Waals surface area contributed by atoms with Crippen molar-refractivity contribution in [1.29, 1.82) is 0 Å². The zero-order valence-corrected chi connectivity index (χ0v) is 12.9. The molecule has 0 aliphatic heterocycles. The van der Waals surface area contributed by atoms with Gasteiger partial charge in [-0.2, -0.15) is 0 Å². The molecule has 96 valence electrons. The van der Waals surface area contributed by atoms with Crippen molar-refractivity contribution in [3.05, 3.63) is 69.8 Å². The zero-order valence-electron chi connectivity index (χ0n) is 9.74. The number of thiophene rings is 1. The van der Waals surface area contributed by atoms with E-state index in [1.807, 2.05) is 23.6 Å². The van der Waals surface area contributed by atoms with E-state index in [2.05, 4.69) is 22.0 Å². The third-order valence-corrected chi connectivity index (χ3v) is 5.30. The van der Waals surface area contributed by atoms with Gasteiger partial charge in [0.1, 0.15) is 5.82 Å². The fourth-order valence-corrected chi connectivity index (χ4v) is 4.51. The van der Waals surface area contributed by atoms with Gasteiger partial charge in [0.2, 0.25) is 0 Å². The third kappa shape index (κ3) is 2.31. The summed E-state index contributed by atoms with van der Waals surface area (Å²) in [5, 5.41) is 3.62. The summed E-state index contributed by atoms with van der Waals surface area (Å²) in [5.41, 5.74) is 1.54. The number of rotatable bonds is 2. The standard InChI is InChI=1S/C15H9BrClFS/c16-15(14-11(17)5-3-6-12(14)18)10-8-19-13-7-2-1-4-9(10)13/h1-8,15H. The van der Waals surface area contributed by atoms with Crippen molar-refractivity contribution < 1.29 is 4.39 Å². The van der Waals surface area contributed by atoms with Gasteiger partial charge in [0.05, 0.1) is 4.83 Å². The summed E-state index contributed by atoms with van der Waals surface area (Å²) >= 11 is 11.4. The van der Waals surface area contributed by atoms with Crippen LogP contribution in [-0.4, -0.2) is 0 Å². The molecule has 0 fully saturated rings. The highest BCUT2D eigenvalue weighted by atomic mass is 79.9. The minimum absolute atomic E-state index is 0.239. The molecular formula is C15H9BrClFS. The van der Waals surface area contributed by atoms with Crippen LogP contribution in [0.5, 0.6) is 0 Å². The van der Waals surface area contributed by atoms with Crippen LogP contribution in [0.2, 0.25) is 5.02 Å². The fraction of sp³-hybridized carbons (Fsp3) is 0.0667. The highest BCUT2D eigenvalue weighted by molar-refractivity contribution is 9.09. The van der Waals surface area contributed by atoms with E-state index in [9.17, 15) is 4.39 Å². The lowest BCUT2D eigenvalue weighted by molar-refractivity contribution is 0.614. The van der Waals surface area contributed by atoms with Crippen molar-refractivity contribution in [3.8, 4) is 0 Å². The first-order chi connectivity index (χ1) is 9.18. The van der Waals surface area contributed by atoms with Crippen molar-refractivity contribution >= 4 is 49.0 Å². The third-order valence-electron chi connectivity index (χ3n) is 3.04. The number of hydrogen-bond donors (Lipinski definition) is 0. The molecule has 1 heterocycles. The van der Waals surface area contributed by atoms with Crippen LogP contribution in [0.4, 0.5) is 4.39 Å². The molecule has 1 unspecified atom stereocenters. The Kier molecular flexibility index (Phi) is 3.61. The Balaban J connectivity index is 2.16. The van der Waals surface area contributed by atoms with Crippen molar-refractivity contribution in [1.82, 2.24) is 0 Å². The smallest absolute Gasteiger partial charge is 0.129 e. The van der Waals surface area contributed by atoms with Gasteiger partial charge in [0.15, 0.2) is 0 Å². The summed E-state index contributed by atoms with van der Waals surface area (Å²) in [6, 6.07) is 12.9. The molecule has 0 aliphatic carbocycles. The molecule has 0 nitrogen and oxygen atoms in total. The van der Waals surface area contributed by atoms with Crippen LogP contribution in [0.1, 0.15) is 16.0 Å². The summed E-state index contributed by atoms with van der Waals surface area (Å²) < 4.78 is 15.2. The average molecular weight is 356 g/mol. The number of alkyl halides is 1. The molecular weight excluding hydrogens is 347 g/mol. The van der Waals surface area contributed by atoms with Crippen LogP contribution in [0.25, 0.3) is 10.1 Å². The molecule has 0 saturated carbocycles. The number of benzene rings is 2. The topological polar surface area (TPSA) is 0 Å². The van der Waals surface area contributed by atoms with Gasteiger partial charge < -0.3 is 0 Å². The lowest BCUT2D eigenvalue weighted by Crippen LogP contribution is -1.96. The maximum atomic E-state index is 14.0. The van der Waals surface area contributed by atoms with Gasteiger partial charge in [-0.25, -0.2) is 4.39 Å². The second kappa shape index (κ2) is 5.23.